The van der Waals surface area contributed by atoms with E-state index in [1.807, 2.05) is 0 Å². The number of carbonyl (C=O) groups excluding carboxylic acids is 1. The van der Waals surface area contributed by atoms with Crippen LogP contribution in [-0.4, -0.2) is 69.2 Å². The number of amides is 1. The van der Waals surface area contributed by atoms with Gasteiger partial charge in [0.05, 0.1) is 41.7 Å². The molecule has 4 aromatic carbocycles. The molecule has 1 amide bonds. The number of carbonyl (C=O) groups is 1. The number of alkyl halides is 3. The fourth-order valence-corrected chi connectivity index (χ4v) is 5.63. The summed E-state index contributed by atoms with van der Waals surface area (Å²) in [6, 6.07) is 19.2. The van der Waals surface area contributed by atoms with Crippen LogP contribution in [0.15, 0.2) is 95.4 Å². The van der Waals surface area contributed by atoms with Gasteiger partial charge in [0, 0.05) is 29.3 Å². The molecule has 51 heavy (non-hydrogen) atoms. The molecular formula is C34H27F4N5O8. The average molecular weight is 710 g/mol. The molecule has 2 heterocycles. The van der Waals surface area contributed by atoms with Crippen molar-refractivity contribution < 1.29 is 51.6 Å². The summed E-state index contributed by atoms with van der Waals surface area (Å²) >= 11 is 0. The number of halogens is 4. The third-order valence-electron chi connectivity index (χ3n) is 8.02. The number of aromatic nitrogens is 2. The third-order valence-corrected chi connectivity index (χ3v) is 8.02. The number of benzene rings is 4. The van der Waals surface area contributed by atoms with E-state index in [2.05, 4.69) is 10.3 Å². The molecular weight excluding hydrogens is 682 g/mol. The molecule has 0 fully saturated rings. The van der Waals surface area contributed by atoms with Gasteiger partial charge in [-0.25, -0.2) is 9.02 Å². The Kier molecular flexibility index (Phi) is 9.95. The molecule has 0 aliphatic carbocycles. The van der Waals surface area contributed by atoms with E-state index in [1.165, 1.54) is 42.5 Å². The van der Waals surface area contributed by atoms with Crippen molar-refractivity contribution >= 4 is 39.8 Å². The van der Waals surface area contributed by atoms with Crippen LogP contribution in [0.1, 0.15) is 22.9 Å². The van der Waals surface area contributed by atoms with E-state index >= 15 is 0 Å². The number of aliphatic hydroxyl groups is 2. The highest BCUT2D eigenvalue weighted by atomic mass is 19.4. The van der Waals surface area contributed by atoms with Crippen molar-refractivity contribution in [3.8, 4) is 11.1 Å². The van der Waals surface area contributed by atoms with E-state index in [0.717, 1.165) is 28.0 Å². The van der Waals surface area contributed by atoms with Gasteiger partial charge in [-0.15, -0.1) is 0 Å². The Morgan fingerprint density at radius 1 is 0.922 bits per heavy atom. The number of hydrogen-bond donors (Lipinski definition) is 2. The highest BCUT2D eigenvalue weighted by Gasteiger charge is 2.33. The van der Waals surface area contributed by atoms with E-state index in [4.69, 9.17) is 14.1 Å². The summed E-state index contributed by atoms with van der Waals surface area (Å²) < 4.78 is 71.4. The van der Waals surface area contributed by atoms with Gasteiger partial charge in [0.25, 0.3) is 5.91 Å². The first-order valence-corrected chi connectivity index (χ1v) is 15.2. The number of para-hydroxylation sites is 1. The molecule has 1 unspecified atom stereocenters. The maximum atomic E-state index is 14.7. The van der Waals surface area contributed by atoms with Gasteiger partial charge in [-0.3, -0.25) is 19.8 Å². The second-order valence-electron chi connectivity index (χ2n) is 11.1. The molecule has 0 bridgehead atoms. The zero-order valence-corrected chi connectivity index (χ0v) is 26.3. The Morgan fingerprint density at radius 2 is 1.63 bits per heavy atom. The minimum Gasteiger partial charge on any atom is -0.493 e. The summed E-state index contributed by atoms with van der Waals surface area (Å²) in [5, 5.41) is 39.9. The summed E-state index contributed by atoms with van der Waals surface area (Å²) in [4.78, 5) is 27.0. The second-order valence-corrected chi connectivity index (χ2v) is 11.1. The van der Waals surface area contributed by atoms with Gasteiger partial charge < -0.3 is 24.6 Å². The summed E-state index contributed by atoms with van der Waals surface area (Å²) in [6.45, 7) is -0.922. The predicted molar refractivity (Wildman–Crippen MR) is 173 cm³/mol. The number of rotatable bonds is 12. The van der Waals surface area contributed by atoms with Crippen LogP contribution in [0, 0.1) is 10.1 Å². The fraction of sp³-hybridized carbons (Fsp3) is 0.206. The lowest BCUT2D eigenvalue weighted by atomic mass is 10.00. The minimum atomic E-state index is -4.64. The first-order valence-electron chi connectivity index (χ1n) is 15.2. The molecule has 1 atom stereocenters. The van der Waals surface area contributed by atoms with Crippen molar-refractivity contribution in [1.29, 1.82) is 0 Å². The maximum absolute atomic E-state index is 14.7. The summed E-state index contributed by atoms with van der Waals surface area (Å²) in [7, 11) is 0. The highest BCUT2D eigenvalue weighted by molar-refractivity contribution is 6.10. The molecule has 1 aromatic heterocycles. The number of fused-ring (bicyclic) bond motifs is 2. The lowest BCUT2D eigenvalue weighted by Gasteiger charge is -2.33. The zero-order valence-electron chi connectivity index (χ0n) is 26.3. The summed E-state index contributed by atoms with van der Waals surface area (Å²) in [5.74, 6) is -2.35. The maximum Gasteiger partial charge on any atom is 0.416 e. The van der Waals surface area contributed by atoms with Crippen molar-refractivity contribution in [3.05, 3.63) is 118 Å². The number of ether oxygens (including phenoxy) is 2. The Morgan fingerprint density at radius 3 is 2.39 bits per heavy atom. The number of nitro groups is 1. The summed E-state index contributed by atoms with van der Waals surface area (Å²) in [6.07, 6.45) is -5.95. The molecule has 2 N–H and O–H groups in total. The van der Waals surface area contributed by atoms with Crippen LogP contribution >= 0.6 is 0 Å². The SMILES string of the molecule is O=C(COCCOCCN1C(O)=C(F)c2ccccc2C1O)N(c1ccccc1-c1cccc(C(F)(F)F)c1)c1ccc([N+](=O)[O-])c2nonc12. The van der Waals surface area contributed by atoms with Gasteiger partial charge in [-0.05, 0) is 40.1 Å². The predicted octanol–water partition coefficient (Wildman–Crippen LogP) is 6.68. The van der Waals surface area contributed by atoms with Crippen LogP contribution in [-0.2, 0) is 20.4 Å². The van der Waals surface area contributed by atoms with Gasteiger partial charge >= 0.3 is 11.9 Å². The van der Waals surface area contributed by atoms with Crippen LogP contribution < -0.4 is 4.90 Å². The monoisotopic (exact) mass is 709 g/mol. The van der Waals surface area contributed by atoms with E-state index in [-0.39, 0.29) is 71.0 Å². The van der Waals surface area contributed by atoms with Crippen molar-refractivity contribution in [2.24, 2.45) is 0 Å². The van der Waals surface area contributed by atoms with Crippen LogP contribution in [0.25, 0.3) is 28.0 Å². The fourth-order valence-electron chi connectivity index (χ4n) is 5.63. The Hall–Kier alpha value is -5.91. The molecule has 6 rings (SSSR count). The quantitative estimate of drug-likeness (QED) is 0.0615. The Labute approximate surface area is 285 Å². The molecule has 5 aromatic rings. The lowest BCUT2D eigenvalue weighted by Crippen LogP contribution is -2.35. The number of non-ortho nitro benzene ring substituents is 1. The molecule has 0 radical (unpaired) electrons. The number of hydrogen-bond acceptors (Lipinski definition) is 11. The van der Waals surface area contributed by atoms with Gasteiger partial charge in [0.1, 0.15) is 6.61 Å². The first kappa shape index (κ1) is 34.9. The standard InChI is InChI=1S/C34H27F4N5O8/c35-29-23-9-1-2-10-24(23)32(45)41(33(29)46)14-15-49-16-17-50-19-28(44)42(26-12-13-27(43(47)48)31-30(26)39-51-40-31)25-11-4-3-8-22(25)20-6-5-7-21(18-20)34(36,37)38/h1-13,18,32,45-46H,14-17,19H2. The van der Waals surface area contributed by atoms with Crippen LogP contribution in [0.4, 0.5) is 34.6 Å². The van der Waals surface area contributed by atoms with E-state index in [1.54, 1.807) is 24.3 Å². The number of anilines is 2. The number of nitro benzene ring substituents is 1. The molecule has 264 valence electrons. The van der Waals surface area contributed by atoms with Crippen molar-refractivity contribution in [2.45, 2.75) is 12.4 Å². The van der Waals surface area contributed by atoms with Gasteiger partial charge in [0.2, 0.25) is 11.4 Å². The highest BCUT2D eigenvalue weighted by Crippen LogP contribution is 2.41. The van der Waals surface area contributed by atoms with Crippen molar-refractivity contribution in [2.75, 3.05) is 37.9 Å². The number of aliphatic hydroxyl groups excluding tert-OH is 2. The normalized spacial score (nSPS) is 14.5. The largest absolute Gasteiger partial charge is 0.493 e. The van der Waals surface area contributed by atoms with Crippen LogP contribution in [0.2, 0.25) is 0 Å². The molecule has 13 nitrogen and oxygen atoms in total. The van der Waals surface area contributed by atoms with E-state index in [0.29, 0.717) is 0 Å². The van der Waals surface area contributed by atoms with E-state index in [9.17, 15) is 42.7 Å². The molecule has 0 spiro atoms. The molecule has 0 saturated heterocycles. The average Bonchev–Trinajstić information content (AvgIpc) is 3.62. The molecule has 0 saturated carbocycles. The smallest absolute Gasteiger partial charge is 0.416 e. The lowest BCUT2D eigenvalue weighted by molar-refractivity contribution is -0.383. The topological polar surface area (TPSA) is 165 Å². The van der Waals surface area contributed by atoms with Crippen LogP contribution in [0.3, 0.4) is 0 Å². The zero-order chi connectivity index (χ0) is 36.3. The molecule has 1 aliphatic heterocycles. The Balaban J connectivity index is 1.19. The van der Waals surface area contributed by atoms with Gasteiger partial charge in [-0.2, -0.15) is 13.2 Å². The van der Waals surface area contributed by atoms with E-state index < -0.39 is 52.8 Å². The Bertz CT molecular complexity index is 2120. The van der Waals surface area contributed by atoms with Crippen LogP contribution in [0.5, 0.6) is 0 Å². The molecule has 1 aliphatic rings. The first-order chi connectivity index (χ1) is 24.5. The van der Waals surface area contributed by atoms with Crippen molar-refractivity contribution in [1.82, 2.24) is 15.2 Å². The third kappa shape index (κ3) is 7.07. The van der Waals surface area contributed by atoms with Crippen molar-refractivity contribution in [3.63, 3.8) is 0 Å². The van der Waals surface area contributed by atoms with Gasteiger partial charge in [0.15, 0.2) is 17.6 Å². The second kappa shape index (κ2) is 14.5. The molecule has 17 heteroatoms. The minimum absolute atomic E-state index is 0.0112. The summed E-state index contributed by atoms with van der Waals surface area (Å²) in [5.41, 5.74) is -0.962. The van der Waals surface area contributed by atoms with Gasteiger partial charge in [-0.1, -0.05) is 54.6 Å². The number of nitrogens with zero attached hydrogens (tertiary/aromatic N) is 5.